The lowest BCUT2D eigenvalue weighted by atomic mass is 10.1. The van der Waals surface area contributed by atoms with Crippen molar-refractivity contribution < 1.29 is 9.72 Å². The molecule has 0 aliphatic carbocycles. The zero-order valence-electron chi connectivity index (χ0n) is 7.94. The van der Waals surface area contributed by atoms with Crippen molar-refractivity contribution in [2.75, 3.05) is 0 Å². The van der Waals surface area contributed by atoms with E-state index in [1.807, 2.05) is 0 Å². The van der Waals surface area contributed by atoms with Crippen LogP contribution in [0.25, 0.3) is 5.03 Å². The Kier molecular flexibility index (Phi) is 3.57. The first-order valence-corrected chi connectivity index (χ1v) is 4.51. The molecule has 0 atom stereocenters. The summed E-state index contributed by atoms with van der Waals surface area (Å²) in [5.41, 5.74) is 0.420. The van der Waals surface area contributed by atoms with Crippen molar-refractivity contribution in [3.63, 3.8) is 0 Å². The highest BCUT2D eigenvalue weighted by atomic mass is 35.5. The van der Waals surface area contributed by atoms with Gasteiger partial charge in [0.25, 0.3) is 5.69 Å². The van der Waals surface area contributed by atoms with Gasteiger partial charge in [0.15, 0.2) is 0 Å². The van der Waals surface area contributed by atoms with Crippen LogP contribution in [-0.2, 0) is 4.79 Å². The van der Waals surface area contributed by atoms with E-state index < -0.39 is 4.92 Å². The van der Waals surface area contributed by atoms with Gasteiger partial charge in [0, 0.05) is 11.6 Å². The van der Waals surface area contributed by atoms with Gasteiger partial charge in [0.1, 0.15) is 6.29 Å². The molecule has 0 aromatic heterocycles. The van der Waals surface area contributed by atoms with Crippen LogP contribution in [0, 0.1) is 10.1 Å². The molecular weight excluding hydrogens is 218 g/mol. The number of nitrogens with zero attached hydrogens (tertiary/aromatic N) is 1. The van der Waals surface area contributed by atoms with Gasteiger partial charge in [-0.15, -0.1) is 0 Å². The van der Waals surface area contributed by atoms with E-state index in [2.05, 4.69) is 0 Å². The third-order valence-corrected chi connectivity index (χ3v) is 2.36. The zero-order chi connectivity index (χ0) is 11.4. The number of rotatable bonds is 3. The van der Waals surface area contributed by atoms with Crippen molar-refractivity contribution >= 4 is 28.6 Å². The lowest BCUT2D eigenvalue weighted by molar-refractivity contribution is -0.385. The summed E-state index contributed by atoms with van der Waals surface area (Å²) in [5.74, 6) is 0. The fraction of sp³-hybridized carbons (Fsp3) is 0.100. The van der Waals surface area contributed by atoms with Gasteiger partial charge in [0.2, 0.25) is 0 Å². The first-order valence-electron chi connectivity index (χ1n) is 4.13. The second kappa shape index (κ2) is 4.70. The Morgan fingerprint density at radius 2 is 2.07 bits per heavy atom. The minimum atomic E-state index is -0.532. The van der Waals surface area contributed by atoms with Crippen LogP contribution in [0.5, 0.6) is 0 Å². The van der Waals surface area contributed by atoms with E-state index in [9.17, 15) is 14.9 Å². The van der Waals surface area contributed by atoms with E-state index in [1.165, 1.54) is 19.1 Å². The van der Waals surface area contributed by atoms with E-state index in [4.69, 9.17) is 11.6 Å². The summed E-state index contributed by atoms with van der Waals surface area (Å²) in [6.45, 7) is 1.51. The van der Waals surface area contributed by atoms with Crippen LogP contribution < -0.4 is 0 Å². The van der Waals surface area contributed by atoms with Crippen molar-refractivity contribution in [1.82, 2.24) is 0 Å². The predicted octanol–water partition coefficient (Wildman–Crippen LogP) is 2.76. The summed E-state index contributed by atoms with van der Waals surface area (Å²) >= 11 is 5.85. The number of halogens is 1. The summed E-state index contributed by atoms with van der Waals surface area (Å²) < 4.78 is 0. The number of carbonyl (C=O) groups is 1. The highest BCUT2D eigenvalue weighted by Crippen LogP contribution is 2.30. The minimum Gasteiger partial charge on any atom is -0.298 e. The van der Waals surface area contributed by atoms with Crippen LogP contribution in [0.4, 0.5) is 5.69 Å². The Morgan fingerprint density at radius 1 is 1.47 bits per heavy atom. The Hall–Kier alpha value is -1.68. The molecule has 1 rings (SSSR count). The van der Waals surface area contributed by atoms with E-state index in [0.29, 0.717) is 6.29 Å². The first kappa shape index (κ1) is 11.4. The lowest BCUT2D eigenvalue weighted by Crippen LogP contribution is -1.94. The van der Waals surface area contributed by atoms with Crippen molar-refractivity contribution in [3.8, 4) is 0 Å². The largest absolute Gasteiger partial charge is 0.298 e. The Labute approximate surface area is 91.3 Å². The average Bonchev–Trinajstić information content (AvgIpc) is 2.27. The molecule has 15 heavy (non-hydrogen) atoms. The number of hydrogen-bond donors (Lipinski definition) is 0. The molecule has 4 nitrogen and oxygen atoms in total. The Bertz CT molecular complexity index is 440. The summed E-state index contributed by atoms with van der Waals surface area (Å²) in [6, 6.07) is 6.02. The average molecular weight is 226 g/mol. The second-order valence-electron chi connectivity index (χ2n) is 2.89. The van der Waals surface area contributed by atoms with Crippen molar-refractivity contribution in [2.45, 2.75) is 6.92 Å². The lowest BCUT2D eigenvalue weighted by Gasteiger charge is -2.01. The standard InChI is InChI=1S/C10H8ClNO3/c1-7(6-13)10(11)8-4-2-3-5-9(8)12(14)15/h2-6H,1H3/b10-7+. The maximum atomic E-state index is 10.7. The van der Waals surface area contributed by atoms with Crippen LogP contribution in [0.15, 0.2) is 29.8 Å². The number of aldehydes is 1. The van der Waals surface area contributed by atoms with Crippen LogP contribution in [0.3, 0.4) is 0 Å². The van der Waals surface area contributed by atoms with Crippen molar-refractivity contribution in [3.05, 3.63) is 45.5 Å². The Balaban J connectivity index is 3.38. The maximum absolute atomic E-state index is 10.7. The van der Waals surface area contributed by atoms with Crippen molar-refractivity contribution in [1.29, 1.82) is 0 Å². The molecule has 0 N–H and O–H groups in total. The number of nitro benzene ring substituents is 1. The van der Waals surface area contributed by atoms with E-state index in [0.717, 1.165) is 0 Å². The number of benzene rings is 1. The normalized spacial score (nSPS) is 11.9. The molecule has 5 heteroatoms. The number of carbonyl (C=O) groups excluding carboxylic acids is 1. The molecule has 1 aromatic carbocycles. The van der Waals surface area contributed by atoms with Crippen LogP contribution in [-0.4, -0.2) is 11.2 Å². The molecule has 0 amide bonds. The second-order valence-corrected chi connectivity index (χ2v) is 3.27. The topological polar surface area (TPSA) is 60.2 Å². The van der Waals surface area contributed by atoms with Gasteiger partial charge in [-0.2, -0.15) is 0 Å². The molecule has 78 valence electrons. The summed E-state index contributed by atoms with van der Waals surface area (Å²) in [6.07, 6.45) is 0.569. The van der Waals surface area contributed by atoms with Gasteiger partial charge < -0.3 is 0 Å². The molecule has 0 aliphatic rings. The highest BCUT2D eigenvalue weighted by molar-refractivity contribution is 6.50. The first-order chi connectivity index (χ1) is 7.07. The molecule has 0 aliphatic heterocycles. The SMILES string of the molecule is C/C(C=O)=C(\Cl)c1ccccc1[N+](=O)[O-]. The smallest absolute Gasteiger partial charge is 0.278 e. The Morgan fingerprint density at radius 3 is 2.60 bits per heavy atom. The molecule has 0 spiro atoms. The predicted molar refractivity (Wildman–Crippen MR) is 57.6 cm³/mol. The third kappa shape index (κ3) is 2.41. The van der Waals surface area contributed by atoms with Crippen LogP contribution in [0.2, 0.25) is 0 Å². The maximum Gasteiger partial charge on any atom is 0.278 e. The summed E-state index contributed by atoms with van der Waals surface area (Å²) in [4.78, 5) is 20.6. The van der Waals surface area contributed by atoms with Gasteiger partial charge in [0.05, 0.1) is 15.5 Å². The molecular formula is C10H8ClNO3. The molecule has 0 bridgehead atoms. The van der Waals surface area contributed by atoms with Gasteiger partial charge >= 0.3 is 0 Å². The molecule has 0 unspecified atom stereocenters. The molecule has 1 aromatic rings. The van der Waals surface area contributed by atoms with Gasteiger partial charge in [-0.1, -0.05) is 23.7 Å². The monoisotopic (exact) mass is 225 g/mol. The minimum absolute atomic E-state index is 0.108. The summed E-state index contributed by atoms with van der Waals surface area (Å²) in [7, 11) is 0. The molecule has 0 heterocycles. The molecule has 0 saturated heterocycles. The van der Waals surface area contributed by atoms with Crippen LogP contribution >= 0.6 is 11.6 Å². The molecule has 0 saturated carbocycles. The van der Waals surface area contributed by atoms with Gasteiger partial charge in [-0.25, -0.2) is 0 Å². The molecule has 0 fully saturated rings. The van der Waals surface area contributed by atoms with Gasteiger partial charge in [-0.05, 0) is 13.0 Å². The fourth-order valence-corrected chi connectivity index (χ4v) is 1.29. The van der Waals surface area contributed by atoms with E-state index >= 15 is 0 Å². The quantitative estimate of drug-likeness (QED) is 0.344. The molecule has 0 radical (unpaired) electrons. The highest BCUT2D eigenvalue weighted by Gasteiger charge is 2.16. The van der Waals surface area contributed by atoms with Crippen molar-refractivity contribution in [2.24, 2.45) is 0 Å². The third-order valence-electron chi connectivity index (χ3n) is 1.86. The van der Waals surface area contributed by atoms with E-state index in [1.54, 1.807) is 12.1 Å². The zero-order valence-corrected chi connectivity index (χ0v) is 8.69. The number of para-hydroxylation sites is 1. The van der Waals surface area contributed by atoms with Crippen LogP contribution in [0.1, 0.15) is 12.5 Å². The number of allylic oxidation sites excluding steroid dienone is 1. The fourth-order valence-electron chi connectivity index (χ4n) is 1.08. The summed E-state index contributed by atoms with van der Waals surface area (Å²) in [5, 5.41) is 10.8. The van der Waals surface area contributed by atoms with E-state index in [-0.39, 0.29) is 21.9 Å². The van der Waals surface area contributed by atoms with Gasteiger partial charge in [-0.3, -0.25) is 14.9 Å². The number of hydrogen-bond acceptors (Lipinski definition) is 3. The number of nitro groups is 1.